The van der Waals surface area contributed by atoms with E-state index in [0.717, 1.165) is 16.8 Å². The van der Waals surface area contributed by atoms with Crippen LogP contribution in [0.5, 0.6) is 5.75 Å². The number of nitrogens with zero attached hydrogens (tertiary/aromatic N) is 3. The fraction of sp³-hybridized carbons (Fsp3) is 0.472. The summed E-state index contributed by atoms with van der Waals surface area (Å²) in [5.41, 5.74) is 3.45. The van der Waals surface area contributed by atoms with Crippen LogP contribution in [0.3, 0.4) is 0 Å². The Morgan fingerprint density at radius 3 is 2.29 bits per heavy atom. The fourth-order valence-electron chi connectivity index (χ4n) is 7.87. The summed E-state index contributed by atoms with van der Waals surface area (Å²) in [6.07, 6.45) is 5.12. The third kappa shape index (κ3) is 5.48. The number of carbonyl (C=O) groups is 3. The second kappa shape index (κ2) is 13.0. The van der Waals surface area contributed by atoms with Gasteiger partial charge in [0.15, 0.2) is 0 Å². The molecule has 2 aromatic carbocycles. The number of hydrogen-bond acceptors (Lipinski definition) is 6. The largest absolute Gasteiger partial charge is 0.494 e. The number of hydrogen-bond donors (Lipinski definition) is 1. The Labute approximate surface area is 271 Å². The van der Waals surface area contributed by atoms with E-state index in [4.69, 9.17) is 4.74 Å². The Morgan fingerprint density at radius 2 is 1.69 bits per heavy atom. The van der Waals surface area contributed by atoms with Crippen molar-refractivity contribution in [1.82, 2.24) is 4.90 Å². The summed E-state index contributed by atoms with van der Waals surface area (Å²) in [6, 6.07) is 12.6. The van der Waals surface area contributed by atoms with Crippen LogP contribution in [0.4, 0.5) is 11.4 Å². The zero-order valence-corrected chi connectivity index (χ0v) is 27.6. The van der Waals surface area contributed by atoms with Gasteiger partial charge in [-0.05, 0) is 82.3 Å². The van der Waals surface area contributed by atoms with Crippen molar-refractivity contribution in [2.24, 2.45) is 11.8 Å². The lowest BCUT2D eigenvalue weighted by atomic mass is 9.66. The molecule has 3 amide bonds. The molecule has 1 spiro atoms. The maximum Gasteiger partial charge on any atom is 0.251 e. The Morgan fingerprint density at radius 1 is 1.04 bits per heavy atom. The van der Waals surface area contributed by atoms with E-state index in [1.165, 1.54) is 0 Å². The quantitative estimate of drug-likeness (QED) is 0.302. The summed E-state index contributed by atoms with van der Waals surface area (Å²) in [7, 11) is 0. The van der Waals surface area contributed by atoms with Gasteiger partial charge in [0.2, 0.25) is 11.8 Å². The first-order valence-corrected chi connectivity index (χ1v) is 16.6. The second-order valence-electron chi connectivity index (χ2n) is 12.5. The standard InChI is InChI=1S/C36H45N3O5S/c1-7-20-37(26-14-16-27(17-15-26)44-9-3)32(41)28-29-33(42)39(22-11-23-40)31(36(29)19-18-35(28,6)45-36)34(43)38(21-8-2)30-24(4)12-10-13-25(30)5/h7-8,10,12-17,28-29,31,40H,1-2,9,11,18-23H2,3-6H3/t28-,29+,31?,35+,36?/m1/s1. The zero-order valence-electron chi connectivity index (χ0n) is 26.8. The number of aryl methyl sites for hydroxylation is 2. The van der Waals surface area contributed by atoms with Gasteiger partial charge in [-0.3, -0.25) is 14.4 Å². The molecule has 0 saturated carbocycles. The number of aliphatic hydroxyl groups excluding tert-OH is 1. The maximum absolute atomic E-state index is 14.9. The van der Waals surface area contributed by atoms with Crippen LogP contribution < -0.4 is 14.5 Å². The minimum Gasteiger partial charge on any atom is -0.494 e. The van der Waals surface area contributed by atoms with E-state index in [9.17, 15) is 19.5 Å². The molecular weight excluding hydrogens is 586 g/mol. The van der Waals surface area contributed by atoms with Crippen molar-refractivity contribution in [1.29, 1.82) is 0 Å². The van der Waals surface area contributed by atoms with E-state index in [1.54, 1.807) is 38.6 Å². The van der Waals surface area contributed by atoms with Crippen LogP contribution in [-0.2, 0) is 14.4 Å². The van der Waals surface area contributed by atoms with Gasteiger partial charge in [0.05, 0.1) is 23.2 Å². The number of anilines is 2. The predicted octanol–water partition coefficient (Wildman–Crippen LogP) is 5.30. The van der Waals surface area contributed by atoms with Gasteiger partial charge in [-0.15, -0.1) is 24.9 Å². The SMILES string of the molecule is C=CCN(C(=O)[C@H]1[C@H]2C(=O)N(CCCO)C(C(=O)N(CC=C)c3c(C)cccc3C)C23CC[C@]1(C)S3)c1ccc(OCC)cc1. The van der Waals surface area contributed by atoms with Crippen LogP contribution in [0.2, 0.25) is 0 Å². The van der Waals surface area contributed by atoms with Crippen molar-refractivity contribution in [3.05, 3.63) is 78.9 Å². The Bertz CT molecular complexity index is 1460. The van der Waals surface area contributed by atoms with Gasteiger partial charge >= 0.3 is 0 Å². The van der Waals surface area contributed by atoms with Crippen molar-refractivity contribution in [3.8, 4) is 5.75 Å². The van der Waals surface area contributed by atoms with Crippen molar-refractivity contribution in [3.63, 3.8) is 0 Å². The highest BCUT2D eigenvalue weighted by Gasteiger charge is 2.77. The second-order valence-corrected chi connectivity index (χ2v) is 14.4. The molecule has 2 aromatic rings. The molecule has 2 unspecified atom stereocenters. The van der Waals surface area contributed by atoms with E-state index in [0.29, 0.717) is 43.9 Å². The lowest BCUT2D eigenvalue weighted by Crippen LogP contribution is -2.55. The van der Waals surface area contributed by atoms with Crippen molar-refractivity contribution >= 4 is 40.9 Å². The normalized spacial score (nSPS) is 26.5. The molecule has 0 aromatic heterocycles. The summed E-state index contributed by atoms with van der Waals surface area (Å²) in [4.78, 5) is 49.3. The lowest BCUT2D eigenvalue weighted by molar-refractivity contribution is -0.139. The van der Waals surface area contributed by atoms with E-state index >= 15 is 0 Å². The van der Waals surface area contributed by atoms with Crippen LogP contribution in [0, 0.1) is 25.7 Å². The molecule has 2 bridgehead atoms. The molecule has 45 heavy (non-hydrogen) atoms. The van der Waals surface area contributed by atoms with Crippen LogP contribution >= 0.6 is 11.8 Å². The number of fused-ring (bicyclic) bond motifs is 1. The van der Waals surface area contributed by atoms with E-state index in [1.807, 2.05) is 63.2 Å². The van der Waals surface area contributed by atoms with Gasteiger partial charge in [-0.1, -0.05) is 30.4 Å². The van der Waals surface area contributed by atoms with Gasteiger partial charge in [0.25, 0.3) is 5.91 Å². The highest BCUT2D eigenvalue weighted by molar-refractivity contribution is 8.02. The molecule has 1 N–H and O–H groups in total. The first-order chi connectivity index (χ1) is 21.6. The van der Waals surface area contributed by atoms with Crippen molar-refractivity contribution in [2.45, 2.75) is 62.5 Å². The van der Waals surface area contributed by atoms with Crippen LogP contribution in [0.25, 0.3) is 0 Å². The Balaban J connectivity index is 1.58. The number of rotatable bonds is 13. The van der Waals surface area contributed by atoms with Gasteiger partial charge in [0, 0.05) is 42.4 Å². The average Bonchev–Trinajstić information content (AvgIpc) is 3.58. The maximum atomic E-state index is 14.9. The van der Waals surface area contributed by atoms with Crippen molar-refractivity contribution in [2.75, 3.05) is 42.6 Å². The molecule has 3 aliphatic heterocycles. The molecule has 0 radical (unpaired) electrons. The number of benzene rings is 2. The van der Waals surface area contributed by atoms with Gasteiger partial charge < -0.3 is 24.5 Å². The molecule has 240 valence electrons. The van der Waals surface area contributed by atoms with E-state index in [2.05, 4.69) is 20.1 Å². The first kappa shape index (κ1) is 32.8. The van der Waals surface area contributed by atoms with E-state index in [-0.39, 0.29) is 37.4 Å². The van der Waals surface area contributed by atoms with Gasteiger partial charge in [-0.25, -0.2) is 0 Å². The minimum absolute atomic E-state index is 0.103. The molecule has 0 aliphatic carbocycles. The Hall–Kier alpha value is -3.56. The number of aliphatic hydroxyl groups is 1. The minimum atomic E-state index is -0.775. The number of ether oxygens (including phenoxy) is 1. The molecular formula is C36H45N3O5S. The Kier molecular flexibility index (Phi) is 9.52. The van der Waals surface area contributed by atoms with Gasteiger partial charge in [-0.2, -0.15) is 0 Å². The number of thioether (sulfide) groups is 1. The molecule has 3 fully saturated rings. The van der Waals surface area contributed by atoms with Crippen molar-refractivity contribution < 1.29 is 24.2 Å². The molecule has 3 aliphatic rings. The lowest BCUT2D eigenvalue weighted by Gasteiger charge is -2.38. The summed E-state index contributed by atoms with van der Waals surface area (Å²) in [5.74, 6) is -1.06. The zero-order chi connectivity index (χ0) is 32.5. The predicted molar refractivity (Wildman–Crippen MR) is 181 cm³/mol. The number of para-hydroxylation sites is 1. The topological polar surface area (TPSA) is 90.4 Å². The molecule has 5 atom stereocenters. The molecule has 8 nitrogen and oxygen atoms in total. The highest BCUT2D eigenvalue weighted by atomic mass is 32.2. The number of amides is 3. The van der Waals surface area contributed by atoms with Crippen LogP contribution in [0.15, 0.2) is 67.8 Å². The van der Waals surface area contributed by atoms with Crippen LogP contribution in [0.1, 0.15) is 44.2 Å². The third-order valence-electron chi connectivity index (χ3n) is 9.66. The summed E-state index contributed by atoms with van der Waals surface area (Å²) in [6.45, 7) is 17.1. The third-order valence-corrected chi connectivity index (χ3v) is 11.6. The average molecular weight is 632 g/mol. The molecule has 3 heterocycles. The number of carbonyl (C=O) groups excluding carboxylic acids is 3. The molecule has 3 saturated heterocycles. The van der Waals surface area contributed by atoms with E-state index < -0.39 is 27.4 Å². The smallest absolute Gasteiger partial charge is 0.251 e. The number of likely N-dealkylation sites (tertiary alicyclic amines) is 1. The molecule has 5 rings (SSSR count). The summed E-state index contributed by atoms with van der Waals surface area (Å²) < 4.78 is 4.32. The monoisotopic (exact) mass is 631 g/mol. The summed E-state index contributed by atoms with van der Waals surface area (Å²) >= 11 is 1.65. The first-order valence-electron chi connectivity index (χ1n) is 15.8. The van der Waals surface area contributed by atoms with Crippen LogP contribution in [-0.4, -0.2) is 76.1 Å². The highest BCUT2D eigenvalue weighted by Crippen LogP contribution is 2.71. The fourth-order valence-corrected chi connectivity index (χ4v) is 10.2. The van der Waals surface area contributed by atoms with Gasteiger partial charge in [0.1, 0.15) is 11.8 Å². The molecule has 9 heteroatoms. The summed E-state index contributed by atoms with van der Waals surface area (Å²) in [5, 5.41) is 9.78.